The molecule has 3 fully saturated rings. The summed E-state index contributed by atoms with van der Waals surface area (Å²) in [4.78, 5) is 47.0. The predicted molar refractivity (Wildman–Crippen MR) is 140 cm³/mol. The minimum atomic E-state index is -1.11. The number of carbonyl (C=O) groups is 3. The first-order valence-corrected chi connectivity index (χ1v) is 13.1. The fourth-order valence-electron chi connectivity index (χ4n) is 6.67. The Kier molecular flexibility index (Phi) is 7.62. The van der Waals surface area contributed by atoms with Crippen molar-refractivity contribution in [3.05, 3.63) is 61.2 Å². The summed E-state index contributed by atoms with van der Waals surface area (Å²) in [6, 6.07) is 8.68. The quantitative estimate of drug-likeness (QED) is 0.463. The molecular formula is C29H39N3O5. The Bertz CT molecular complexity index is 1060. The van der Waals surface area contributed by atoms with Crippen LogP contribution in [0.4, 0.5) is 0 Å². The van der Waals surface area contributed by atoms with E-state index in [0.717, 1.165) is 5.56 Å². The van der Waals surface area contributed by atoms with Gasteiger partial charge in [-0.25, -0.2) is 0 Å². The smallest absolute Gasteiger partial charge is 0.248 e. The number of aliphatic hydroxyl groups excluding tert-OH is 1. The van der Waals surface area contributed by atoms with Crippen molar-refractivity contribution in [2.24, 2.45) is 11.8 Å². The second-order valence-electron chi connectivity index (χ2n) is 10.8. The molecule has 8 heteroatoms. The van der Waals surface area contributed by atoms with Gasteiger partial charge in [0.15, 0.2) is 0 Å². The molecule has 0 saturated carbocycles. The van der Waals surface area contributed by atoms with E-state index in [0.29, 0.717) is 32.5 Å². The van der Waals surface area contributed by atoms with Gasteiger partial charge in [0.1, 0.15) is 11.6 Å². The molecule has 0 aliphatic carbocycles. The number of rotatable bonds is 11. The Morgan fingerprint density at radius 2 is 1.84 bits per heavy atom. The zero-order valence-corrected chi connectivity index (χ0v) is 22.1. The maximum absolute atomic E-state index is 14.2. The third-order valence-electron chi connectivity index (χ3n) is 8.23. The Labute approximate surface area is 219 Å². The highest BCUT2D eigenvalue weighted by atomic mass is 16.5. The highest BCUT2D eigenvalue weighted by Crippen LogP contribution is 2.63. The van der Waals surface area contributed by atoms with E-state index in [2.05, 4.69) is 13.2 Å². The molecule has 0 aromatic heterocycles. The highest BCUT2D eigenvalue weighted by molar-refractivity contribution is 5.99. The average Bonchev–Trinajstić information content (AvgIpc) is 3.43. The Balaban J connectivity index is 1.74. The van der Waals surface area contributed by atoms with Gasteiger partial charge in [-0.05, 0) is 39.2 Å². The molecule has 1 spiro atoms. The van der Waals surface area contributed by atoms with Gasteiger partial charge in [-0.2, -0.15) is 0 Å². The van der Waals surface area contributed by atoms with E-state index in [9.17, 15) is 19.5 Å². The van der Waals surface area contributed by atoms with Crippen molar-refractivity contribution in [1.29, 1.82) is 0 Å². The topological polar surface area (TPSA) is 90.4 Å². The van der Waals surface area contributed by atoms with Crippen molar-refractivity contribution >= 4 is 17.7 Å². The standard InChI is InChI=1S/C29H39N3O5/c1-6-15-30(19-21-11-9-8-10-12-21)25(34)22-23-26(35)32(17-18-33)24(27(36)31(16-7-2)20(3)4)29(23)14-13-28(22,5)37-29/h6-12,20,22-24,33H,1-2,13-19H2,3-5H3/t22-,23+,24?,28+,29?/m1/s1. The highest BCUT2D eigenvalue weighted by Gasteiger charge is 2.78. The number of carbonyl (C=O) groups excluding carboxylic acids is 3. The monoisotopic (exact) mass is 509 g/mol. The second kappa shape index (κ2) is 10.4. The number of fused-ring (bicyclic) bond motifs is 1. The van der Waals surface area contributed by atoms with E-state index in [1.165, 1.54) is 4.90 Å². The molecule has 3 saturated heterocycles. The molecule has 3 aliphatic rings. The summed E-state index contributed by atoms with van der Waals surface area (Å²) in [5.74, 6) is -2.23. The molecule has 1 aromatic carbocycles. The number of amides is 3. The molecule has 0 radical (unpaired) electrons. The fourth-order valence-corrected chi connectivity index (χ4v) is 6.67. The predicted octanol–water partition coefficient (Wildman–Crippen LogP) is 2.38. The van der Waals surface area contributed by atoms with E-state index >= 15 is 0 Å². The van der Waals surface area contributed by atoms with E-state index in [-0.39, 0.29) is 36.9 Å². The zero-order chi connectivity index (χ0) is 27.0. The van der Waals surface area contributed by atoms with Crippen LogP contribution < -0.4 is 0 Å². The molecule has 2 bridgehead atoms. The summed E-state index contributed by atoms with van der Waals surface area (Å²) in [6.07, 6.45) is 4.42. The molecule has 200 valence electrons. The zero-order valence-electron chi connectivity index (χ0n) is 22.1. The van der Waals surface area contributed by atoms with Crippen molar-refractivity contribution in [2.45, 2.75) is 63.4 Å². The van der Waals surface area contributed by atoms with Crippen molar-refractivity contribution in [2.75, 3.05) is 26.2 Å². The summed E-state index contributed by atoms with van der Waals surface area (Å²) >= 11 is 0. The van der Waals surface area contributed by atoms with Gasteiger partial charge in [-0.3, -0.25) is 14.4 Å². The molecule has 3 heterocycles. The molecule has 5 atom stereocenters. The summed E-state index contributed by atoms with van der Waals surface area (Å²) < 4.78 is 6.68. The van der Waals surface area contributed by atoms with Crippen molar-refractivity contribution in [3.63, 3.8) is 0 Å². The van der Waals surface area contributed by atoms with Crippen LogP contribution in [0.1, 0.15) is 39.2 Å². The molecule has 3 aliphatic heterocycles. The minimum Gasteiger partial charge on any atom is -0.395 e. The largest absolute Gasteiger partial charge is 0.395 e. The van der Waals surface area contributed by atoms with Crippen LogP contribution in [0.25, 0.3) is 0 Å². The van der Waals surface area contributed by atoms with E-state index in [4.69, 9.17) is 4.74 Å². The number of benzene rings is 1. The lowest BCUT2D eigenvalue weighted by atomic mass is 9.66. The van der Waals surface area contributed by atoms with Crippen LogP contribution in [-0.4, -0.2) is 87.1 Å². The van der Waals surface area contributed by atoms with Gasteiger partial charge in [0.25, 0.3) is 0 Å². The van der Waals surface area contributed by atoms with Crippen molar-refractivity contribution < 1.29 is 24.2 Å². The molecule has 2 unspecified atom stereocenters. The lowest BCUT2D eigenvalue weighted by Gasteiger charge is -2.38. The number of likely N-dealkylation sites (tertiary alicyclic amines) is 1. The number of nitrogens with zero attached hydrogens (tertiary/aromatic N) is 3. The summed E-state index contributed by atoms with van der Waals surface area (Å²) in [5, 5.41) is 9.81. The normalized spacial score (nSPS) is 29.9. The molecule has 1 N–H and O–H groups in total. The maximum Gasteiger partial charge on any atom is 0.248 e. The molecule has 3 amide bonds. The Morgan fingerprint density at radius 3 is 2.43 bits per heavy atom. The van der Waals surface area contributed by atoms with Crippen LogP contribution >= 0.6 is 0 Å². The van der Waals surface area contributed by atoms with Crippen LogP contribution in [0.2, 0.25) is 0 Å². The summed E-state index contributed by atoms with van der Waals surface area (Å²) in [7, 11) is 0. The van der Waals surface area contributed by atoms with Gasteiger partial charge >= 0.3 is 0 Å². The van der Waals surface area contributed by atoms with Crippen LogP contribution in [0.5, 0.6) is 0 Å². The Morgan fingerprint density at radius 1 is 1.16 bits per heavy atom. The van der Waals surface area contributed by atoms with Crippen LogP contribution in [0.15, 0.2) is 55.6 Å². The van der Waals surface area contributed by atoms with Crippen molar-refractivity contribution in [3.8, 4) is 0 Å². The third kappa shape index (κ3) is 4.40. The molecule has 37 heavy (non-hydrogen) atoms. The lowest BCUT2D eigenvalue weighted by molar-refractivity contribution is -0.154. The third-order valence-corrected chi connectivity index (χ3v) is 8.23. The number of aliphatic hydroxyl groups is 1. The van der Waals surface area contributed by atoms with E-state index in [1.54, 1.807) is 22.0 Å². The Hall–Kier alpha value is -2.97. The SMILES string of the molecule is C=CCN(Cc1ccccc1)C(=O)[C@H]1[C@H]2C(=O)N(CCO)C(C(=O)N(CC=C)C(C)C)C23CC[C@]1(C)O3. The minimum absolute atomic E-state index is 0.00882. The fraction of sp³-hybridized carbons (Fsp3) is 0.552. The first-order chi connectivity index (χ1) is 17.6. The van der Waals surface area contributed by atoms with Gasteiger partial charge < -0.3 is 24.5 Å². The van der Waals surface area contributed by atoms with E-state index < -0.39 is 29.1 Å². The van der Waals surface area contributed by atoms with E-state index in [1.807, 2.05) is 51.1 Å². The van der Waals surface area contributed by atoms with Gasteiger partial charge in [0.2, 0.25) is 17.7 Å². The number of β-amino-alcohol motifs (C(OH)–C–C–N with tert-alkyl or cyclic N) is 1. The van der Waals surface area contributed by atoms with Crippen LogP contribution in [-0.2, 0) is 25.7 Å². The van der Waals surface area contributed by atoms with Gasteiger partial charge in [-0.15, -0.1) is 13.2 Å². The lowest BCUT2D eigenvalue weighted by Crippen LogP contribution is -2.57. The molecular weight excluding hydrogens is 470 g/mol. The summed E-state index contributed by atoms with van der Waals surface area (Å²) in [5.41, 5.74) is -0.996. The second-order valence-corrected chi connectivity index (χ2v) is 10.8. The first-order valence-electron chi connectivity index (χ1n) is 13.1. The summed E-state index contributed by atoms with van der Waals surface area (Å²) in [6.45, 7) is 14.1. The van der Waals surface area contributed by atoms with Gasteiger partial charge in [0, 0.05) is 32.2 Å². The average molecular weight is 510 g/mol. The number of hydrogen-bond acceptors (Lipinski definition) is 5. The van der Waals surface area contributed by atoms with Gasteiger partial charge in [0.05, 0.1) is 24.0 Å². The van der Waals surface area contributed by atoms with Crippen LogP contribution in [0, 0.1) is 11.8 Å². The molecule has 4 rings (SSSR count). The molecule has 8 nitrogen and oxygen atoms in total. The number of ether oxygens (including phenoxy) is 1. The number of hydrogen-bond donors (Lipinski definition) is 1. The van der Waals surface area contributed by atoms with Gasteiger partial charge in [-0.1, -0.05) is 42.5 Å². The van der Waals surface area contributed by atoms with Crippen molar-refractivity contribution in [1.82, 2.24) is 14.7 Å². The van der Waals surface area contributed by atoms with Crippen LogP contribution in [0.3, 0.4) is 0 Å². The first kappa shape index (κ1) is 27.1. The maximum atomic E-state index is 14.2. The molecule has 1 aromatic rings.